The quantitative estimate of drug-likeness (QED) is 0.484. The van der Waals surface area contributed by atoms with E-state index in [1.54, 1.807) is 32.2 Å². The van der Waals surface area contributed by atoms with E-state index in [0.717, 1.165) is 28.3 Å². The van der Waals surface area contributed by atoms with E-state index in [1.165, 1.54) is 17.0 Å². The average Bonchev–Trinajstić information content (AvgIpc) is 2.94. The molecule has 1 saturated heterocycles. The standard InChI is InChI=1S/C24H21F3N4O3/c1-23(2)21(32)31(18-8-10-19(11-9-18)34-24(25,26)27)22(33)30(23)15-16-12-13-28-20(14-16)29-17-6-4-3-5-7-17/h3-14H,15H2,1-2H3,(H,28,29). The SMILES string of the molecule is CC1(C)C(=O)N(c2ccc(OC(F)(F)F)cc2)C(=O)N1Cc1ccnc(Nc2ccccc2)c1. The second-order valence-corrected chi connectivity index (χ2v) is 8.15. The highest BCUT2D eigenvalue weighted by atomic mass is 19.4. The summed E-state index contributed by atoms with van der Waals surface area (Å²) in [7, 11) is 0. The summed E-state index contributed by atoms with van der Waals surface area (Å²) < 4.78 is 41.1. The van der Waals surface area contributed by atoms with Crippen LogP contribution in [0.3, 0.4) is 0 Å². The fourth-order valence-electron chi connectivity index (χ4n) is 3.62. The fourth-order valence-corrected chi connectivity index (χ4v) is 3.62. The van der Waals surface area contributed by atoms with Gasteiger partial charge in [0.15, 0.2) is 0 Å². The van der Waals surface area contributed by atoms with Crippen molar-refractivity contribution in [3.8, 4) is 5.75 Å². The summed E-state index contributed by atoms with van der Waals surface area (Å²) >= 11 is 0. The fraction of sp³-hybridized carbons (Fsp3) is 0.208. The van der Waals surface area contributed by atoms with E-state index in [0.29, 0.717) is 5.82 Å². The third kappa shape index (κ3) is 4.80. The zero-order valence-electron chi connectivity index (χ0n) is 18.3. The number of anilines is 3. The van der Waals surface area contributed by atoms with Gasteiger partial charge in [-0.1, -0.05) is 18.2 Å². The number of nitrogens with zero attached hydrogens (tertiary/aromatic N) is 3. The Morgan fingerprint density at radius 1 is 1.00 bits per heavy atom. The lowest BCUT2D eigenvalue weighted by Gasteiger charge is -2.27. The molecule has 1 fully saturated rings. The molecule has 7 nitrogen and oxygen atoms in total. The van der Waals surface area contributed by atoms with Crippen molar-refractivity contribution in [2.75, 3.05) is 10.2 Å². The van der Waals surface area contributed by atoms with Gasteiger partial charge in [-0.2, -0.15) is 0 Å². The Labute approximate surface area is 193 Å². The van der Waals surface area contributed by atoms with Crippen LogP contribution in [0.25, 0.3) is 0 Å². The van der Waals surface area contributed by atoms with E-state index >= 15 is 0 Å². The Morgan fingerprint density at radius 2 is 1.68 bits per heavy atom. The molecule has 1 N–H and O–H groups in total. The molecule has 3 aromatic rings. The number of ether oxygens (including phenoxy) is 1. The van der Waals surface area contributed by atoms with Gasteiger partial charge >= 0.3 is 12.4 Å². The van der Waals surface area contributed by atoms with E-state index in [-0.39, 0.29) is 12.2 Å². The molecule has 1 aromatic heterocycles. The zero-order valence-corrected chi connectivity index (χ0v) is 18.3. The van der Waals surface area contributed by atoms with Crippen LogP contribution in [0.15, 0.2) is 72.9 Å². The molecule has 0 spiro atoms. The van der Waals surface area contributed by atoms with E-state index in [9.17, 15) is 22.8 Å². The number of alkyl halides is 3. The first kappa shape index (κ1) is 23.1. The third-order valence-corrected chi connectivity index (χ3v) is 5.36. The number of halogens is 3. The molecule has 10 heteroatoms. The lowest BCUT2D eigenvalue weighted by Crippen LogP contribution is -2.43. The van der Waals surface area contributed by atoms with Gasteiger partial charge in [-0.25, -0.2) is 14.7 Å². The molecule has 1 aliphatic rings. The van der Waals surface area contributed by atoms with E-state index < -0.39 is 29.6 Å². The van der Waals surface area contributed by atoms with Crippen LogP contribution in [-0.4, -0.2) is 33.7 Å². The van der Waals surface area contributed by atoms with Gasteiger partial charge in [-0.05, 0) is 67.9 Å². The van der Waals surface area contributed by atoms with Crippen molar-refractivity contribution >= 4 is 29.1 Å². The predicted molar refractivity (Wildman–Crippen MR) is 120 cm³/mol. The minimum absolute atomic E-state index is 0.134. The monoisotopic (exact) mass is 470 g/mol. The lowest BCUT2D eigenvalue weighted by atomic mass is 10.0. The van der Waals surface area contributed by atoms with E-state index in [1.807, 2.05) is 30.3 Å². The summed E-state index contributed by atoms with van der Waals surface area (Å²) in [5, 5.41) is 3.18. The number of para-hydroxylation sites is 1. The average molecular weight is 470 g/mol. The van der Waals surface area contributed by atoms with Crippen LogP contribution in [0.2, 0.25) is 0 Å². The minimum atomic E-state index is -4.83. The summed E-state index contributed by atoms with van der Waals surface area (Å²) in [5.41, 5.74) is 0.581. The van der Waals surface area contributed by atoms with Crippen molar-refractivity contribution in [1.82, 2.24) is 9.88 Å². The highest BCUT2D eigenvalue weighted by Gasteiger charge is 2.51. The van der Waals surface area contributed by atoms with Crippen LogP contribution in [0.4, 0.5) is 35.2 Å². The number of imide groups is 1. The van der Waals surface area contributed by atoms with Crippen molar-refractivity contribution in [2.45, 2.75) is 32.3 Å². The lowest BCUT2D eigenvalue weighted by molar-refractivity contribution is -0.274. The number of pyridine rings is 1. The van der Waals surface area contributed by atoms with Gasteiger partial charge in [0.1, 0.15) is 17.1 Å². The number of aromatic nitrogens is 1. The van der Waals surface area contributed by atoms with Gasteiger partial charge in [0.25, 0.3) is 5.91 Å². The van der Waals surface area contributed by atoms with Crippen molar-refractivity contribution in [2.24, 2.45) is 0 Å². The van der Waals surface area contributed by atoms with Gasteiger partial charge in [-0.15, -0.1) is 13.2 Å². The maximum absolute atomic E-state index is 13.2. The van der Waals surface area contributed by atoms with Crippen molar-refractivity contribution in [3.63, 3.8) is 0 Å². The first-order valence-electron chi connectivity index (χ1n) is 10.3. The first-order valence-corrected chi connectivity index (χ1v) is 10.3. The summed E-state index contributed by atoms with van der Waals surface area (Å²) in [4.78, 5) is 33.0. The van der Waals surface area contributed by atoms with Crippen molar-refractivity contribution in [1.29, 1.82) is 0 Å². The Hall–Kier alpha value is -4.08. The highest BCUT2D eigenvalue weighted by Crippen LogP contribution is 2.34. The molecule has 0 unspecified atom stereocenters. The minimum Gasteiger partial charge on any atom is -0.406 e. The number of carbonyl (C=O) groups is 2. The molecule has 0 saturated carbocycles. The van der Waals surface area contributed by atoms with Crippen LogP contribution in [0.5, 0.6) is 5.75 Å². The van der Waals surface area contributed by atoms with Crippen LogP contribution in [0, 0.1) is 0 Å². The van der Waals surface area contributed by atoms with Gasteiger partial charge in [0.2, 0.25) is 0 Å². The Kier molecular flexibility index (Phi) is 5.90. The van der Waals surface area contributed by atoms with E-state index in [4.69, 9.17) is 0 Å². The second-order valence-electron chi connectivity index (χ2n) is 8.15. The smallest absolute Gasteiger partial charge is 0.406 e. The van der Waals surface area contributed by atoms with Gasteiger partial charge in [0, 0.05) is 18.4 Å². The van der Waals surface area contributed by atoms with Crippen LogP contribution in [0.1, 0.15) is 19.4 Å². The molecule has 2 aromatic carbocycles. The molecule has 0 aliphatic carbocycles. The number of amides is 3. The number of urea groups is 1. The molecular weight excluding hydrogens is 449 g/mol. The van der Waals surface area contributed by atoms with Gasteiger partial charge < -0.3 is 15.0 Å². The topological polar surface area (TPSA) is 74.8 Å². The molecule has 1 aliphatic heterocycles. The first-order chi connectivity index (χ1) is 16.0. The maximum atomic E-state index is 13.2. The molecule has 2 heterocycles. The Morgan fingerprint density at radius 3 is 2.32 bits per heavy atom. The summed E-state index contributed by atoms with van der Waals surface area (Å²) in [6.45, 7) is 3.38. The van der Waals surface area contributed by atoms with Gasteiger partial charge in [-0.3, -0.25) is 4.79 Å². The number of rotatable bonds is 6. The molecule has 3 amide bonds. The molecule has 4 rings (SSSR count). The Balaban J connectivity index is 1.54. The largest absolute Gasteiger partial charge is 0.573 e. The third-order valence-electron chi connectivity index (χ3n) is 5.36. The Bertz CT molecular complexity index is 1200. The van der Waals surface area contributed by atoms with Crippen LogP contribution < -0.4 is 15.0 Å². The zero-order chi connectivity index (χ0) is 24.5. The normalized spacial score (nSPS) is 15.6. The molecule has 34 heavy (non-hydrogen) atoms. The van der Waals surface area contributed by atoms with E-state index in [2.05, 4.69) is 15.0 Å². The molecule has 176 valence electrons. The number of hydrogen-bond donors (Lipinski definition) is 1. The summed E-state index contributed by atoms with van der Waals surface area (Å²) in [6, 6.07) is 17.0. The maximum Gasteiger partial charge on any atom is 0.573 e. The number of carbonyl (C=O) groups excluding carboxylic acids is 2. The molecule has 0 bridgehead atoms. The van der Waals surface area contributed by atoms with Crippen molar-refractivity contribution in [3.05, 3.63) is 78.5 Å². The molecular formula is C24H21F3N4O3. The molecule has 0 atom stereocenters. The number of hydrogen-bond acceptors (Lipinski definition) is 5. The predicted octanol–water partition coefficient (Wildman–Crippen LogP) is 5.47. The van der Waals surface area contributed by atoms with Crippen LogP contribution >= 0.6 is 0 Å². The van der Waals surface area contributed by atoms with Gasteiger partial charge in [0.05, 0.1) is 5.69 Å². The summed E-state index contributed by atoms with van der Waals surface area (Å²) in [6.07, 6.45) is -3.23. The highest BCUT2D eigenvalue weighted by molar-refractivity contribution is 6.22. The number of nitrogens with one attached hydrogen (secondary N) is 1. The van der Waals surface area contributed by atoms with Crippen LogP contribution in [-0.2, 0) is 11.3 Å². The summed E-state index contributed by atoms with van der Waals surface area (Å²) in [5.74, 6) is -0.350. The number of benzene rings is 2. The second kappa shape index (κ2) is 8.69. The molecule has 0 radical (unpaired) electrons. The van der Waals surface area contributed by atoms with Crippen molar-refractivity contribution < 1.29 is 27.5 Å².